The SMILES string of the molecule is CSc1nc[nH]c1C.Cc1[nH]cnc1CS. The predicted molar refractivity (Wildman–Crippen MR) is 71.1 cm³/mol. The molecular weight excluding hydrogens is 240 g/mol. The van der Waals surface area contributed by atoms with Crippen LogP contribution in [0.25, 0.3) is 0 Å². The summed E-state index contributed by atoms with van der Waals surface area (Å²) in [7, 11) is 0. The van der Waals surface area contributed by atoms with Crippen LogP contribution in [0.3, 0.4) is 0 Å². The number of nitrogens with zero attached hydrogens (tertiary/aromatic N) is 2. The number of aromatic nitrogens is 4. The van der Waals surface area contributed by atoms with Gasteiger partial charge in [0.25, 0.3) is 0 Å². The fourth-order valence-electron chi connectivity index (χ4n) is 1.10. The third kappa shape index (κ3) is 3.61. The molecule has 0 aliphatic carbocycles. The minimum atomic E-state index is 0.718. The Balaban J connectivity index is 0.000000160. The summed E-state index contributed by atoms with van der Waals surface area (Å²) in [6.45, 7) is 4.00. The van der Waals surface area contributed by atoms with E-state index in [0.717, 1.165) is 27.9 Å². The second-order valence-corrected chi connectivity index (χ2v) is 4.28. The van der Waals surface area contributed by atoms with E-state index in [0.29, 0.717) is 0 Å². The molecular formula is C10H16N4S2. The molecule has 2 heterocycles. The molecule has 0 unspecified atom stereocenters. The quantitative estimate of drug-likeness (QED) is 0.572. The second kappa shape index (κ2) is 6.65. The summed E-state index contributed by atoms with van der Waals surface area (Å²) in [6, 6.07) is 0. The normalized spacial score (nSPS) is 9.75. The number of H-pyrrole nitrogens is 2. The van der Waals surface area contributed by atoms with Crippen LogP contribution in [0.1, 0.15) is 17.1 Å². The molecule has 4 nitrogen and oxygen atoms in total. The lowest BCUT2D eigenvalue weighted by Crippen LogP contribution is -1.79. The Morgan fingerprint density at radius 1 is 1.19 bits per heavy atom. The maximum absolute atomic E-state index is 4.06. The van der Waals surface area contributed by atoms with Crippen LogP contribution in [0.2, 0.25) is 0 Å². The zero-order valence-electron chi connectivity index (χ0n) is 9.61. The van der Waals surface area contributed by atoms with Crippen LogP contribution < -0.4 is 0 Å². The molecule has 0 saturated carbocycles. The van der Waals surface area contributed by atoms with Gasteiger partial charge >= 0.3 is 0 Å². The zero-order chi connectivity index (χ0) is 12.0. The Hall–Kier alpha value is -0.880. The van der Waals surface area contributed by atoms with Gasteiger partial charge in [0.05, 0.1) is 18.3 Å². The van der Waals surface area contributed by atoms with Crippen LogP contribution in [0.4, 0.5) is 0 Å². The van der Waals surface area contributed by atoms with E-state index < -0.39 is 0 Å². The fraction of sp³-hybridized carbons (Fsp3) is 0.400. The van der Waals surface area contributed by atoms with E-state index in [1.54, 1.807) is 24.4 Å². The molecule has 0 aromatic carbocycles. The van der Waals surface area contributed by atoms with Crippen molar-refractivity contribution in [3.63, 3.8) is 0 Å². The first kappa shape index (κ1) is 13.2. The standard InChI is InChI=1S/2C5H8N2S/c1-4-5(8-2)7-3-6-4;1-4-5(2-8)7-3-6-4/h3H,1-2H3,(H,6,7);3,8H,2H2,1H3,(H,6,7). The molecule has 0 fully saturated rings. The third-order valence-electron chi connectivity index (χ3n) is 2.06. The van der Waals surface area contributed by atoms with Crippen molar-refractivity contribution in [1.82, 2.24) is 19.9 Å². The van der Waals surface area contributed by atoms with Crippen molar-refractivity contribution in [2.24, 2.45) is 0 Å². The second-order valence-electron chi connectivity index (χ2n) is 3.17. The third-order valence-corrected chi connectivity index (χ3v) is 3.16. The van der Waals surface area contributed by atoms with E-state index in [2.05, 4.69) is 32.6 Å². The molecule has 0 saturated heterocycles. The van der Waals surface area contributed by atoms with Gasteiger partial charge < -0.3 is 9.97 Å². The molecule has 0 aliphatic rings. The van der Waals surface area contributed by atoms with Crippen molar-refractivity contribution < 1.29 is 0 Å². The van der Waals surface area contributed by atoms with Gasteiger partial charge in [-0.3, -0.25) is 0 Å². The van der Waals surface area contributed by atoms with Crippen molar-refractivity contribution in [2.45, 2.75) is 24.6 Å². The van der Waals surface area contributed by atoms with E-state index in [-0.39, 0.29) is 0 Å². The number of aryl methyl sites for hydroxylation is 2. The van der Waals surface area contributed by atoms with Crippen LogP contribution in [-0.2, 0) is 5.75 Å². The predicted octanol–water partition coefficient (Wildman–Crippen LogP) is 2.59. The Bertz CT molecular complexity index is 382. The van der Waals surface area contributed by atoms with Crippen LogP contribution >= 0.6 is 24.4 Å². The van der Waals surface area contributed by atoms with Crippen LogP contribution in [-0.4, -0.2) is 26.2 Å². The number of rotatable bonds is 2. The number of hydrogen-bond acceptors (Lipinski definition) is 4. The van der Waals surface area contributed by atoms with Gasteiger partial charge in [0.15, 0.2) is 0 Å². The van der Waals surface area contributed by atoms with Crippen LogP contribution in [0.5, 0.6) is 0 Å². The first-order valence-electron chi connectivity index (χ1n) is 4.82. The molecule has 0 amide bonds. The Kier molecular flexibility index (Phi) is 5.48. The van der Waals surface area contributed by atoms with E-state index in [4.69, 9.17) is 0 Å². The van der Waals surface area contributed by atoms with Crippen molar-refractivity contribution in [3.05, 3.63) is 29.7 Å². The average molecular weight is 256 g/mol. The lowest BCUT2D eigenvalue weighted by atomic mass is 10.4. The maximum atomic E-state index is 4.06. The molecule has 6 heteroatoms. The van der Waals surface area contributed by atoms with Gasteiger partial charge in [-0.25, -0.2) is 9.97 Å². The summed E-state index contributed by atoms with van der Waals surface area (Å²) in [5.74, 6) is 0.718. The van der Waals surface area contributed by atoms with E-state index in [9.17, 15) is 0 Å². The number of hydrogen-bond donors (Lipinski definition) is 3. The van der Waals surface area contributed by atoms with Gasteiger partial charge in [-0.15, -0.1) is 11.8 Å². The molecule has 2 aromatic rings. The first-order chi connectivity index (χ1) is 7.69. The average Bonchev–Trinajstić information content (AvgIpc) is 2.87. The molecule has 2 N–H and O–H groups in total. The van der Waals surface area contributed by atoms with Crippen molar-refractivity contribution in [3.8, 4) is 0 Å². The number of nitrogens with one attached hydrogen (secondary N) is 2. The molecule has 88 valence electrons. The Morgan fingerprint density at radius 2 is 1.81 bits per heavy atom. The highest BCUT2D eigenvalue weighted by Gasteiger charge is 1.94. The van der Waals surface area contributed by atoms with Crippen molar-refractivity contribution in [2.75, 3.05) is 6.26 Å². The number of thiol groups is 1. The minimum Gasteiger partial charge on any atom is -0.348 e. The lowest BCUT2D eigenvalue weighted by Gasteiger charge is -1.85. The highest BCUT2D eigenvalue weighted by Crippen LogP contribution is 2.12. The van der Waals surface area contributed by atoms with Crippen LogP contribution in [0, 0.1) is 13.8 Å². The molecule has 2 aromatic heterocycles. The fourth-order valence-corrected chi connectivity index (χ4v) is 1.94. The summed E-state index contributed by atoms with van der Waals surface area (Å²) in [5, 5.41) is 1.09. The van der Waals surface area contributed by atoms with Crippen LogP contribution in [0.15, 0.2) is 17.7 Å². The molecule has 0 spiro atoms. The Labute approximate surface area is 105 Å². The molecule has 0 aliphatic heterocycles. The van der Waals surface area contributed by atoms with Gasteiger partial charge in [-0.2, -0.15) is 12.6 Å². The van der Waals surface area contributed by atoms with E-state index in [1.165, 1.54) is 0 Å². The highest BCUT2D eigenvalue weighted by atomic mass is 32.2. The van der Waals surface area contributed by atoms with Gasteiger partial charge in [0, 0.05) is 17.1 Å². The summed E-state index contributed by atoms with van der Waals surface area (Å²) in [6.07, 6.45) is 5.41. The smallest absolute Gasteiger partial charge is 0.116 e. The molecule has 0 atom stereocenters. The zero-order valence-corrected chi connectivity index (χ0v) is 11.3. The van der Waals surface area contributed by atoms with E-state index in [1.807, 2.05) is 20.1 Å². The van der Waals surface area contributed by atoms with Gasteiger partial charge in [-0.1, -0.05) is 0 Å². The topological polar surface area (TPSA) is 57.4 Å². The van der Waals surface area contributed by atoms with E-state index >= 15 is 0 Å². The number of imidazole rings is 2. The highest BCUT2D eigenvalue weighted by molar-refractivity contribution is 7.98. The number of aromatic amines is 2. The Morgan fingerprint density at radius 3 is 2.06 bits per heavy atom. The molecule has 0 bridgehead atoms. The van der Waals surface area contributed by atoms with Gasteiger partial charge in [0.1, 0.15) is 5.03 Å². The first-order valence-corrected chi connectivity index (χ1v) is 6.68. The minimum absolute atomic E-state index is 0.718. The number of thioether (sulfide) groups is 1. The molecule has 2 rings (SSSR count). The largest absolute Gasteiger partial charge is 0.348 e. The monoisotopic (exact) mass is 256 g/mol. The van der Waals surface area contributed by atoms with Gasteiger partial charge in [0.2, 0.25) is 0 Å². The molecule has 16 heavy (non-hydrogen) atoms. The summed E-state index contributed by atoms with van der Waals surface area (Å²) in [4.78, 5) is 14.0. The summed E-state index contributed by atoms with van der Waals surface area (Å²) >= 11 is 5.72. The molecule has 0 radical (unpaired) electrons. The van der Waals surface area contributed by atoms with Crippen molar-refractivity contribution in [1.29, 1.82) is 0 Å². The van der Waals surface area contributed by atoms with Crippen molar-refractivity contribution >= 4 is 24.4 Å². The maximum Gasteiger partial charge on any atom is 0.116 e. The lowest BCUT2D eigenvalue weighted by molar-refractivity contribution is 1.15. The van der Waals surface area contributed by atoms with Gasteiger partial charge in [-0.05, 0) is 20.1 Å². The summed E-state index contributed by atoms with van der Waals surface area (Å²) in [5.41, 5.74) is 3.30. The summed E-state index contributed by atoms with van der Waals surface area (Å²) < 4.78 is 0.